The van der Waals surface area contributed by atoms with Crippen molar-refractivity contribution >= 4 is 0 Å². The van der Waals surface area contributed by atoms with Crippen LogP contribution in [0.1, 0.15) is 58.8 Å². The topological polar surface area (TPSA) is 3.24 Å². The summed E-state index contributed by atoms with van der Waals surface area (Å²) in [6.45, 7) is 7.13. The Labute approximate surface area is 89.2 Å². The highest BCUT2D eigenvalue weighted by atomic mass is 15.1. The van der Waals surface area contributed by atoms with Crippen LogP contribution in [0.5, 0.6) is 0 Å². The first kappa shape index (κ1) is 11.6. The maximum atomic E-state index is 2.61. The molecule has 0 bridgehead atoms. The third kappa shape index (κ3) is 3.73. The highest BCUT2D eigenvalue weighted by Gasteiger charge is 2.11. The van der Waals surface area contributed by atoms with Crippen LogP contribution in [0.3, 0.4) is 0 Å². The van der Waals surface area contributed by atoms with E-state index < -0.39 is 0 Å². The third-order valence-corrected chi connectivity index (χ3v) is 2.99. The first-order valence-corrected chi connectivity index (χ1v) is 6.32. The number of hydrogen-bond acceptors (Lipinski definition) is 1. The van der Waals surface area contributed by atoms with Crippen molar-refractivity contribution in [1.82, 2.24) is 4.90 Å². The van der Waals surface area contributed by atoms with Crippen LogP contribution in [0.4, 0.5) is 0 Å². The summed E-state index contributed by atoms with van der Waals surface area (Å²) in [4.78, 5) is 2.61. The van der Waals surface area contributed by atoms with Crippen molar-refractivity contribution in [3.8, 4) is 0 Å². The van der Waals surface area contributed by atoms with Gasteiger partial charge in [0.15, 0.2) is 0 Å². The van der Waals surface area contributed by atoms with Crippen LogP contribution in [0.2, 0.25) is 0 Å². The molecular weight excluding hydrogens is 170 g/mol. The fourth-order valence-electron chi connectivity index (χ4n) is 2.16. The molecule has 1 aliphatic heterocycles. The second-order valence-corrected chi connectivity index (χ2v) is 4.25. The molecule has 1 fully saturated rings. The number of likely N-dealkylation sites (tertiary alicyclic amines) is 1. The van der Waals surface area contributed by atoms with E-state index in [0.717, 1.165) is 0 Å². The molecule has 0 aromatic heterocycles. The Morgan fingerprint density at radius 2 is 1.86 bits per heavy atom. The molecule has 82 valence electrons. The molecule has 1 rings (SSSR count). The van der Waals surface area contributed by atoms with Gasteiger partial charge in [-0.3, -0.25) is 0 Å². The molecule has 0 saturated carbocycles. The van der Waals surface area contributed by atoms with Crippen LogP contribution in [-0.4, -0.2) is 18.0 Å². The van der Waals surface area contributed by atoms with Gasteiger partial charge >= 0.3 is 0 Å². The highest BCUT2D eigenvalue weighted by Crippen LogP contribution is 2.19. The van der Waals surface area contributed by atoms with Crippen molar-refractivity contribution in [2.24, 2.45) is 0 Å². The van der Waals surface area contributed by atoms with Gasteiger partial charge < -0.3 is 4.90 Å². The molecule has 0 spiro atoms. The monoisotopic (exact) mass is 195 g/mol. The zero-order chi connectivity index (χ0) is 10.2. The SMILES string of the molecule is CC/C=C(\CCCC)N1CCCCC1. The quantitative estimate of drug-likeness (QED) is 0.642. The first-order chi connectivity index (χ1) is 6.88. The lowest BCUT2D eigenvalue weighted by atomic mass is 10.1. The van der Waals surface area contributed by atoms with E-state index in [-0.39, 0.29) is 0 Å². The Morgan fingerprint density at radius 3 is 2.43 bits per heavy atom. The Morgan fingerprint density at radius 1 is 1.14 bits per heavy atom. The van der Waals surface area contributed by atoms with E-state index in [4.69, 9.17) is 0 Å². The lowest BCUT2D eigenvalue weighted by Gasteiger charge is -2.31. The average Bonchev–Trinajstić information content (AvgIpc) is 2.25. The van der Waals surface area contributed by atoms with Crippen LogP contribution >= 0.6 is 0 Å². The number of piperidine rings is 1. The van der Waals surface area contributed by atoms with Gasteiger partial charge in [-0.1, -0.05) is 26.3 Å². The first-order valence-electron chi connectivity index (χ1n) is 6.32. The summed E-state index contributed by atoms with van der Waals surface area (Å²) in [5.41, 5.74) is 1.62. The van der Waals surface area contributed by atoms with Crippen molar-refractivity contribution < 1.29 is 0 Å². The lowest BCUT2D eigenvalue weighted by Crippen LogP contribution is -2.29. The predicted molar refractivity (Wildman–Crippen MR) is 63.3 cm³/mol. The minimum atomic E-state index is 1.19. The van der Waals surface area contributed by atoms with E-state index in [1.807, 2.05) is 0 Å². The molecule has 0 radical (unpaired) electrons. The second-order valence-electron chi connectivity index (χ2n) is 4.25. The van der Waals surface area contributed by atoms with Gasteiger partial charge in [-0.15, -0.1) is 0 Å². The molecule has 0 atom stereocenters. The molecule has 1 heteroatoms. The van der Waals surface area contributed by atoms with Gasteiger partial charge in [0.2, 0.25) is 0 Å². The molecule has 1 heterocycles. The molecule has 0 aliphatic carbocycles. The minimum absolute atomic E-state index is 1.19. The summed E-state index contributed by atoms with van der Waals surface area (Å²) >= 11 is 0. The lowest BCUT2D eigenvalue weighted by molar-refractivity contribution is 0.274. The van der Waals surface area contributed by atoms with E-state index >= 15 is 0 Å². The Bertz CT molecular complexity index is 166. The van der Waals surface area contributed by atoms with Gasteiger partial charge in [-0.05, 0) is 38.5 Å². The number of rotatable bonds is 5. The van der Waals surface area contributed by atoms with Crippen molar-refractivity contribution in [1.29, 1.82) is 0 Å². The summed E-state index contributed by atoms with van der Waals surface area (Å²) in [6.07, 6.45) is 11.8. The summed E-state index contributed by atoms with van der Waals surface area (Å²) < 4.78 is 0. The summed E-state index contributed by atoms with van der Waals surface area (Å²) in [5.74, 6) is 0. The van der Waals surface area contributed by atoms with Crippen LogP contribution in [0.15, 0.2) is 11.8 Å². The van der Waals surface area contributed by atoms with Gasteiger partial charge in [0, 0.05) is 18.8 Å². The van der Waals surface area contributed by atoms with Crippen molar-refractivity contribution in [2.45, 2.75) is 58.8 Å². The number of hydrogen-bond donors (Lipinski definition) is 0. The van der Waals surface area contributed by atoms with E-state index in [0.29, 0.717) is 0 Å². The van der Waals surface area contributed by atoms with Gasteiger partial charge in [0.1, 0.15) is 0 Å². The highest BCUT2D eigenvalue weighted by molar-refractivity contribution is 5.01. The van der Waals surface area contributed by atoms with Crippen LogP contribution < -0.4 is 0 Å². The van der Waals surface area contributed by atoms with Crippen LogP contribution in [-0.2, 0) is 0 Å². The summed E-state index contributed by atoms with van der Waals surface area (Å²) in [7, 11) is 0. The zero-order valence-electron chi connectivity index (χ0n) is 9.89. The van der Waals surface area contributed by atoms with Crippen molar-refractivity contribution in [3.05, 3.63) is 11.8 Å². The van der Waals surface area contributed by atoms with Gasteiger partial charge in [0.25, 0.3) is 0 Å². The second kappa shape index (κ2) is 6.92. The molecule has 1 saturated heterocycles. The summed E-state index contributed by atoms with van der Waals surface area (Å²) in [5, 5.41) is 0. The third-order valence-electron chi connectivity index (χ3n) is 2.99. The smallest absolute Gasteiger partial charge is 0.0174 e. The molecule has 0 unspecified atom stereocenters. The molecule has 14 heavy (non-hydrogen) atoms. The maximum Gasteiger partial charge on any atom is 0.0174 e. The van der Waals surface area contributed by atoms with E-state index in [9.17, 15) is 0 Å². The van der Waals surface area contributed by atoms with E-state index in [2.05, 4.69) is 24.8 Å². The molecule has 1 nitrogen and oxygen atoms in total. The van der Waals surface area contributed by atoms with Crippen molar-refractivity contribution in [3.63, 3.8) is 0 Å². The predicted octanol–water partition coefficient (Wildman–Crippen LogP) is 3.96. The average molecular weight is 195 g/mol. The molecule has 0 aromatic carbocycles. The molecular formula is C13H25N. The number of allylic oxidation sites excluding steroid dienone is 2. The summed E-state index contributed by atoms with van der Waals surface area (Å²) in [6, 6.07) is 0. The van der Waals surface area contributed by atoms with E-state index in [1.165, 1.54) is 58.0 Å². The Kier molecular flexibility index (Phi) is 5.74. The Hall–Kier alpha value is -0.460. The minimum Gasteiger partial charge on any atom is -0.375 e. The molecule has 1 aliphatic rings. The molecule has 0 aromatic rings. The van der Waals surface area contributed by atoms with Gasteiger partial charge in [-0.2, -0.15) is 0 Å². The van der Waals surface area contributed by atoms with Gasteiger partial charge in [0.05, 0.1) is 0 Å². The fourth-order valence-corrected chi connectivity index (χ4v) is 2.16. The zero-order valence-corrected chi connectivity index (χ0v) is 9.89. The number of nitrogens with zero attached hydrogens (tertiary/aromatic N) is 1. The standard InChI is InChI=1S/C13H25N/c1-3-5-10-13(9-4-2)14-11-7-6-8-12-14/h9H,3-8,10-12H2,1-2H3/b13-9+. The molecule has 0 amide bonds. The normalized spacial score (nSPS) is 18.7. The Balaban J connectivity index is 2.43. The van der Waals surface area contributed by atoms with E-state index in [1.54, 1.807) is 5.70 Å². The number of unbranched alkanes of at least 4 members (excludes halogenated alkanes) is 1. The largest absolute Gasteiger partial charge is 0.375 e. The van der Waals surface area contributed by atoms with Crippen LogP contribution in [0, 0.1) is 0 Å². The fraction of sp³-hybridized carbons (Fsp3) is 0.846. The van der Waals surface area contributed by atoms with Gasteiger partial charge in [-0.25, -0.2) is 0 Å². The molecule has 0 N–H and O–H groups in total. The van der Waals surface area contributed by atoms with Crippen molar-refractivity contribution in [2.75, 3.05) is 13.1 Å². The van der Waals surface area contributed by atoms with Crippen LogP contribution in [0.25, 0.3) is 0 Å². The maximum absolute atomic E-state index is 2.61.